The number of carbonyl (C=O) groups is 1. The number of carbonyl (C=O) groups excluding carboxylic acids is 1. The molecule has 0 bridgehead atoms. The Bertz CT molecular complexity index is 1080. The van der Waals surface area contributed by atoms with Gasteiger partial charge >= 0.3 is 0 Å². The van der Waals surface area contributed by atoms with Crippen LogP contribution in [0.25, 0.3) is 22.3 Å². The highest BCUT2D eigenvalue weighted by Crippen LogP contribution is 2.27. The van der Waals surface area contributed by atoms with E-state index in [4.69, 9.17) is 0 Å². The van der Waals surface area contributed by atoms with Gasteiger partial charge in [0.2, 0.25) is 0 Å². The van der Waals surface area contributed by atoms with E-state index in [1.807, 2.05) is 68.4 Å². The van der Waals surface area contributed by atoms with Crippen molar-refractivity contribution in [3.63, 3.8) is 0 Å². The number of para-hydroxylation sites is 1. The molecule has 0 fully saturated rings. The van der Waals surface area contributed by atoms with Gasteiger partial charge in [0.05, 0.1) is 5.52 Å². The fourth-order valence-corrected chi connectivity index (χ4v) is 3.10. The van der Waals surface area contributed by atoms with Gasteiger partial charge in [-0.15, -0.1) is 0 Å². The molecule has 3 aromatic rings. The Hall–Kier alpha value is -3.54. The highest BCUT2D eigenvalue weighted by atomic mass is 16.2. The Morgan fingerprint density at radius 1 is 1.00 bits per heavy atom. The largest absolute Gasteiger partial charge is 0.338 e. The quantitative estimate of drug-likeness (QED) is 0.743. The fourth-order valence-electron chi connectivity index (χ4n) is 3.10. The Morgan fingerprint density at radius 3 is 2.39 bits per heavy atom. The first-order chi connectivity index (χ1) is 13.7. The molecule has 6 nitrogen and oxygen atoms in total. The lowest BCUT2D eigenvalue weighted by molar-refractivity contribution is -0.127. The van der Waals surface area contributed by atoms with Crippen LogP contribution in [0.4, 0.5) is 5.82 Å². The van der Waals surface area contributed by atoms with Crippen LogP contribution in [0.5, 0.6) is 0 Å². The van der Waals surface area contributed by atoms with Crippen molar-refractivity contribution in [2.24, 2.45) is 4.99 Å². The highest BCUT2D eigenvalue weighted by molar-refractivity contribution is 6.14. The minimum atomic E-state index is -0.0125. The molecule has 28 heavy (non-hydrogen) atoms. The average Bonchev–Trinajstić information content (AvgIpc) is 2.71. The van der Waals surface area contributed by atoms with Crippen LogP contribution < -0.4 is 5.32 Å². The van der Waals surface area contributed by atoms with Crippen LogP contribution in [0, 0.1) is 0 Å². The standard InChI is InChI=1S/C22H21N5O/c1-3-27(4-2)22(28)18-14-19(23-18)25-21-16-12-8-9-13-17(16)24-20(26-21)15-10-6-5-7-11-15/h5-14H,3-4H2,1-2H3,(H,23,24,25,26). The highest BCUT2D eigenvalue weighted by Gasteiger charge is 2.23. The minimum absolute atomic E-state index is 0.0125. The van der Waals surface area contributed by atoms with E-state index in [1.165, 1.54) is 0 Å². The first kappa shape index (κ1) is 17.9. The first-order valence-electron chi connectivity index (χ1n) is 9.38. The molecule has 0 spiro atoms. The van der Waals surface area contributed by atoms with Crippen LogP contribution in [-0.4, -0.2) is 39.7 Å². The predicted octanol–water partition coefficient (Wildman–Crippen LogP) is 3.68. The molecular weight excluding hydrogens is 350 g/mol. The van der Waals surface area contributed by atoms with Crippen molar-refractivity contribution >= 4 is 28.5 Å². The normalized spacial score (nSPS) is 14.4. The van der Waals surface area contributed by atoms with Gasteiger partial charge in [-0.05, 0) is 26.0 Å². The molecule has 0 radical (unpaired) electrons. The first-order valence-corrected chi connectivity index (χ1v) is 9.38. The molecule has 1 N–H and O–H groups in total. The molecule has 1 amide bonds. The Balaban J connectivity index is 1.71. The van der Waals surface area contributed by atoms with E-state index in [-0.39, 0.29) is 5.91 Å². The molecule has 1 aliphatic heterocycles. The van der Waals surface area contributed by atoms with E-state index in [0.717, 1.165) is 16.5 Å². The molecule has 0 saturated carbocycles. The molecule has 0 atom stereocenters. The third kappa shape index (κ3) is 3.36. The van der Waals surface area contributed by atoms with Crippen molar-refractivity contribution in [2.75, 3.05) is 13.1 Å². The second-order valence-corrected chi connectivity index (χ2v) is 6.41. The van der Waals surface area contributed by atoms with Gasteiger partial charge in [0.15, 0.2) is 11.6 Å². The number of rotatable bonds is 5. The summed E-state index contributed by atoms with van der Waals surface area (Å²) in [5, 5.41) is 3.93. The molecule has 4 rings (SSSR count). The lowest BCUT2D eigenvalue weighted by Gasteiger charge is -2.25. The number of aromatic nitrogens is 2. The second-order valence-electron chi connectivity index (χ2n) is 6.41. The maximum absolute atomic E-state index is 12.4. The Labute approximate surface area is 163 Å². The van der Waals surface area contributed by atoms with Crippen molar-refractivity contribution in [2.45, 2.75) is 13.8 Å². The number of hydrogen-bond donors (Lipinski definition) is 1. The lowest BCUT2D eigenvalue weighted by Crippen LogP contribution is -2.43. The summed E-state index contributed by atoms with van der Waals surface area (Å²) in [4.78, 5) is 28.1. The van der Waals surface area contributed by atoms with E-state index in [9.17, 15) is 4.79 Å². The van der Waals surface area contributed by atoms with Gasteiger partial charge in [0.25, 0.3) is 5.91 Å². The monoisotopic (exact) mass is 371 g/mol. The molecule has 0 saturated heterocycles. The van der Waals surface area contributed by atoms with Crippen molar-refractivity contribution < 1.29 is 4.79 Å². The number of nitrogens with one attached hydrogen (secondary N) is 1. The van der Waals surface area contributed by atoms with Crippen LogP contribution in [0.1, 0.15) is 13.8 Å². The van der Waals surface area contributed by atoms with Crippen LogP contribution >= 0.6 is 0 Å². The Morgan fingerprint density at radius 2 is 1.68 bits per heavy atom. The molecule has 0 unspecified atom stereocenters. The third-order valence-corrected chi connectivity index (χ3v) is 4.67. The van der Waals surface area contributed by atoms with E-state index in [1.54, 1.807) is 11.0 Å². The number of fused-ring (bicyclic) bond motifs is 1. The molecule has 0 aliphatic carbocycles. The zero-order valence-corrected chi connectivity index (χ0v) is 15.9. The topological polar surface area (TPSA) is 70.5 Å². The van der Waals surface area contributed by atoms with Crippen LogP contribution in [0.3, 0.4) is 0 Å². The van der Waals surface area contributed by atoms with Crippen molar-refractivity contribution in [1.29, 1.82) is 0 Å². The summed E-state index contributed by atoms with van der Waals surface area (Å²) in [6, 6.07) is 17.6. The van der Waals surface area contributed by atoms with Gasteiger partial charge in [0, 0.05) is 30.1 Å². The number of nitrogens with zero attached hydrogens (tertiary/aromatic N) is 4. The summed E-state index contributed by atoms with van der Waals surface area (Å²) < 4.78 is 0. The maximum Gasteiger partial charge on any atom is 0.270 e. The second kappa shape index (κ2) is 7.60. The SMILES string of the molecule is CCN(CC)C(=O)C1=CC(=Nc2nc(-c3ccccc3)nc3ccccc23)N1. The number of amidine groups is 1. The van der Waals surface area contributed by atoms with Crippen molar-refractivity contribution in [1.82, 2.24) is 20.2 Å². The number of aliphatic imine (C=N–C) groups is 1. The number of amides is 1. The smallest absolute Gasteiger partial charge is 0.270 e. The number of hydrogen-bond acceptors (Lipinski definition) is 4. The fraction of sp³-hybridized carbons (Fsp3) is 0.182. The lowest BCUT2D eigenvalue weighted by atomic mass is 10.2. The summed E-state index contributed by atoms with van der Waals surface area (Å²) in [5.74, 6) is 1.82. The molecule has 1 aliphatic rings. The molecule has 140 valence electrons. The van der Waals surface area contributed by atoms with Crippen LogP contribution in [0.15, 0.2) is 71.4 Å². The summed E-state index contributed by atoms with van der Waals surface area (Å²) in [6.07, 6.45) is 1.76. The van der Waals surface area contributed by atoms with E-state index in [0.29, 0.717) is 36.3 Å². The zero-order valence-electron chi connectivity index (χ0n) is 15.9. The van der Waals surface area contributed by atoms with Gasteiger partial charge in [-0.1, -0.05) is 42.5 Å². The number of benzene rings is 2. The summed E-state index contributed by atoms with van der Waals surface area (Å²) in [5.41, 5.74) is 2.33. The van der Waals surface area contributed by atoms with E-state index in [2.05, 4.69) is 20.3 Å². The molecule has 1 aromatic heterocycles. The summed E-state index contributed by atoms with van der Waals surface area (Å²) in [6.45, 7) is 5.29. The van der Waals surface area contributed by atoms with Gasteiger partial charge in [-0.3, -0.25) is 4.79 Å². The van der Waals surface area contributed by atoms with Gasteiger partial charge < -0.3 is 10.2 Å². The van der Waals surface area contributed by atoms with Crippen molar-refractivity contribution in [3.8, 4) is 11.4 Å². The maximum atomic E-state index is 12.4. The summed E-state index contributed by atoms with van der Waals surface area (Å²) in [7, 11) is 0. The van der Waals surface area contributed by atoms with E-state index >= 15 is 0 Å². The summed E-state index contributed by atoms with van der Waals surface area (Å²) >= 11 is 0. The van der Waals surface area contributed by atoms with Crippen LogP contribution in [-0.2, 0) is 4.79 Å². The Kier molecular flexibility index (Phi) is 4.85. The average molecular weight is 371 g/mol. The third-order valence-electron chi connectivity index (χ3n) is 4.67. The van der Waals surface area contributed by atoms with Gasteiger partial charge in [-0.2, -0.15) is 0 Å². The molecular formula is C22H21N5O. The molecule has 2 heterocycles. The molecule has 6 heteroatoms. The van der Waals surface area contributed by atoms with Crippen molar-refractivity contribution in [3.05, 3.63) is 66.4 Å². The van der Waals surface area contributed by atoms with Gasteiger partial charge in [-0.25, -0.2) is 15.0 Å². The van der Waals surface area contributed by atoms with E-state index < -0.39 is 0 Å². The predicted molar refractivity (Wildman–Crippen MR) is 111 cm³/mol. The number of likely N-dealkylation sites (N-methyl/N-ethyl adjacent to an activating group) is 1. The van der Waals surface area contributed by atoms with Gasteiger partial charge in [0.1, 0.15) is 11.5 Å². The zero-order chi connectivity index (χ0) is 19.5. The molecule has 2 aromatic carbocycles. The minimum Gasteiger partial charge on any atom is -0.338 e. The van der Waals surface area contributed by atoms with Crippen LogP contribution in [0.2, 0.25) is 0 Å².